The van der Waals surface area contributed by atoms with Crippen molar-refractivity contribution in [2.24, 2.45) is 0 Å². The molecule has 1 N–H and O–H groups in total. The van der Waals surface area contributed by atoms with E-state index in [2.05, 4.69) is 22.1 Å². The summed E-state index contributed by atoms with van der Waals surface area (Å²) in [7, 11) is 0. The maximum absolute atomic E-state index is 12.3. The number of aromatic nitrogens is 1. The second-order valence-corrected chi connectivity index (χ2v) is 6.92. The number of halogens is 1. The van der Waals surface area contributed by atoms with Gasteiger partial charge in [-0.1, -0.05) is 17.7 Å². The number of anilines is 2. The Bertz CT molecular complexity index is 710. The van der Waals surface area contributed by atoms with Crippen LogP contribution in [0.4, 0.5) is 15.6 Å². The van der Waals surface area contributed by atoms with Gasteiger partial charge in [-0.15, -0.1) is 11.3 Å². The highest BCUT2D eigenvalue weighted by Crippen LogP contribution is 2.25. The molecule has 1 aliphatic heterocycles. The van der Waals surface area contributed by atoms with Gasteiger partial charge in [-0.05, 0) is 31.5 Å². The molecule has 0 spiro atoms. The highest BCUT2D eigenvalue weighted by Gasteiger charge is 2.22. The first-order valence-electron chi connectivity index (χ1n) is 7.52. The largest absolute Gasteiger partial charge is 0.368 e. The molecule has 7 heteroatoms. The Morgan fingerprint density at radius 2 is 2.00 bits per heavy atom. The number of nitrogens with zero attached hydrogens (tertiary/aromatic N) is 3. The average molecular weight is 351 g/mol. The fourth-order valence-corrected chi connectivity index (χ4v) is 3.50. The van der Waals surface area contributed by atoms with Gasteiger partial charge in [-0.3, -0.25) is 5.32 Å². The van der Waals surface area contributed by atoms with E-state index in [-0.39, 0.29) is 6.03 Å². The summed E-state index contributed by atoms with van der Waals surface area (Å²) in [4.78, 5) is 20.6. The van der Waals surface area contributed by atoms with Gasteiger partial charge in [-0.2, -0.15) is 0 Å². The van der Waals surface area contributed by atoms with E-state index in [9.17, 15) is 4.79 Å². The number of hydrogen-bond acceptors (Lipinski definition) is 4. The minimum absolute atomic E-state index is 0.0817. The van der Waals surface area contributed by atoms with E-state index < -0.39 is 0 Å². The number of aryl methyl sites for hydroxylation is 2. The lowest BCUT2D eigenvalue weighted by molar-refractivity contribution is 0.208. The number of nitrogens with one attached hydrogen (secondary N) is 1. The zero-order valence-electron chi connectivity index (χ0n) is 13.2. The lowest BCUT2D eigenvalue weighted by Gasteiger charge is -2.36. The van der Waals surface area contributed by atoms with E-state index >= 15 is 0 Å². The maximum atomic E-state index is 12.3. The summed E-state index contributed by atoms with van der Waals surface area (Å²) < 4.78 is 0. The SMILES string of the molecule is Cc1csc(NC(=O)N2CCN(c3cc(Cl)ccc3C)CC2)n1. The molecule has 0 saturated carbocycles. The minimum atomic E-state index is -0.0817. The van der Waals surface area contributed by atoms with Gasteiger partial charge in [0.15, 0.2) is 5.13 Å². The van der Waals surface area contributed by atoms with Crippen molar-refractivity contribution in [3.05, 3.63) is 39.9 Å². The van der Waals surface area contributed by atoms with Crippen molar-refractivity contribution in [3.8, 4) is 0 Å². The van der Waals surface area contributed by atoms with Crippen LogP contribution in [-0.4, -0.2) is 42.1 Å². The number of carbonyl (C=O) groups is 1. The Kier molecular flexibility index (Phi) is 4.73. The number of piperazine rings is 1. The zero-order chi connectivity index (χ0) is 16.4. The van der Waals surface area contributed by atoms with Crippen LogP contribution in [0, 0.1) is 13.8 Å². The predicted molar refractivity (Wildman–Crippen MR) is 95.8 cm³/mol. The van der Waals surface area contributed by atoms with Gasteiger partial charge in [0.25, 0.3) is 0 Å². The van der Waals surface area contributed by atoms with Crippen molar-refractivity contribution < 1.29 is 4.79 Å². The van der Waals surface area contributed by atoms with E-state index in [0.717, 1.165) is 29.5 Å². The number of amides is 2. The molecule has 1 fully saturated rings. The molecule has 2 heterocycles. The van der Waals surface area contributed by atoms with Gasteiger partial charge in [0.2, 0.25) is 0 Å². The number of urea groups is 1. The summed E-state index contributed by atoms with van der Waals surface area (Å²) in [6.07, 6.45) is 0. The van der Waals surface area contributed by atoms with Crippen molar-refractivity contribution in [2.75, 3.05) is 36.4 Å². The van der Waals surface area contributed by atoms with Gasteiger partial charge in [-0.25, -0.2) is 9.78 Å². The van der Waals surface area contributed by atoms with Gasteiger partial charge in [0.1, 0.15) is 0 Å². The van der Waals surface area contributed by atoms with Crippen LogP contribution < -0.4 is 10.2 Å². The van der Waals surface area contributed by atoms with Gasteiger partial charge >= 0.3 is 6.03 Å². The number of thiazole rings is 1. The summed E-state index contributed by atoms with van der Waals surface area (Å²) in [5, 5.41) is 6.18. The second-order valence-electron chi connectivity index (χ2n) is 5.63. The highest BCUT2D eigenvalue weighted by atomic mass is 35.5. The number of rotatable bonds is 2. The predicted octanol–water partition coefficient (Wildman–Crippen LogP) is 3.77. The van der Waals surface area contributed by atoms with Crippen LogP contribution in [0.1, 0.15) is 11.3 Å². The Hall–Kier alpha value is -1.79. The van der Waals surface area contributed by atoms with Crippen LogP contribution in [0.3, 0.4) is 0 Å². The number of benzene rings is 1. The van der Waals surface area contributed by atoms with Gasteiger partial charge in [0, 0.05) is 42.3 Å². The molecule has 1 aromatic carbocycles. The van der Waals surface area contributed by atoms with Gasteiger partial charge < -0.3 is 9.80 Å². The normalized spacial score (nSPS) is 14.9. The summed E-state index contributed by atoms with van der Waals surface area (Å²) in [6.45, 7) is 6.95. The Balaban J connectivity index is 1.59. The van der Waals surface area contributed by atoms with Crippen molar-refractivity contribution in [2.45, 2.75) is 13.8 Å². The van der Waals surface area contributed by atoms with Crippen LogP contribution in [0.15, 0.2) is 23.6 Å². The molecule has 1 aliphatic rings. The summed E-state index contributed by atoms with van der Waals surface area (Å²) in [5.74, 6) is 0. The summed E-state index contributed by atoms with van der Waals surface area (Å²) in [5.41, 5.74) is 3.27. The molecule has 0 unspecified atom stereocenters. The van der Waals surface area contributed by atoms with Crippen molar-refractivity contribution in [1.82, 2.24) is 9.88 Å². The first-order chi connectivity index (χ1) is 11.0. The Morgan fingerprint density at radius 3 is 2.65 bits per heavy atom. The van der Waals surface area contributed by atoms with E-state index in [1.807, 2.05) is 35.4 Å². The van der Waals surface area contributed by atoms with E-state index in [0.29, 0.717) is 18.2 Å². The molecule has 3 rings (SSSR count). The summed E-state index contributed by atoms with van der Waals surface area (Å²) in [6, 6.07) is 5.84. The quantitative estimate of drug-likeness (QED) is 0.897. The number of carbonyl (C=O) groups excluding carboxylic acids is 1. The van der Waals surface area contributed by atoms with Crippen LogP contribution in [0.2, 0.25) is 5.02 Å². The van der Waals surface area contributed by atoms with Crippen LogP contribution in [0.25, 0.3) is 0 Å². The topological polar surface area (TPSA) is 48.5 Å². The lowest BCUT2D eigenvalue weighted by Crippen LogP contribution is -2.50. The molecular weight excluding hydrogens is 332 g/mol. The molecule has 5 nitrogen and oxygen atoms in total. The standard InChI is InChI=1S/C16H19ClN4OS/c1-11-3-4-13(17)9-14(11)20-5-7-21(8-6-20)16(22)19-15-18-12(2)10-23-15/h3-4,9-10H,5-8H2,1-2H3,(H,18,19,22). The molecule has 2 amide bonds. The maximum Gasteiger partial charge on any atom is 0.323 e. The third kappa shape index (κ3) is 3.76. The second kappa shape index (κ2) is 6.76. The molecule has 0 aliphatic carbocycles. The Labute approximate surface area is 144 Å². The zero-order valence-corrected chi connectivity index (χ0v) is 14.7. The van der Waals surface area contributed by atoms with Crippen molar-refractivity contribution in [3.63, 3.8) is 0 Å². The third-order valence-electron chi connectivity index (χ3n) is 3.91. The fourth-order valence-electron chi connectivity index (χ4n) is 2.66. The highest BCUT2D eigenvalue weighted by molar-refractivity contribution is 7.13. The molecule has 1 aromatic heterocycles. The Morgan fingerprint density at radius 1 is 1.26 bits per heavy atom. The smallest absolute Gasteiger partial charge is 0.323 e. The molecule has 2 aromatic rings. The van der Waals surface area contributed by atoms with Gasteiger partial charge in [0.05, 0.1) is 5.69 Å². The average Bonchev–Trinajstić information content (AvgIpc) is 2.95. The third-order valence-corrected chi connectivity index (χ3v) is 5.02. The van der Waals surface area contributed by atoms with E-state index in [4.69, 9.17) is 11.6 Å². The first kappa shape index (κ1) is 16.1. The molecule has 0 radical (unpaired) electrons. The minimum Gasteiger partial charge on any atom is -0.368 e. The van der Waals surface area contributed by atoms with Crippen molar-refractivity contribution >= 4 is 39.8 Å². The molecule has 0 bridgehead atoms. The molecule has 0 atom stereocenters. The van der Waals surface area contributed by atoms with E-state index in [1.54, 1.807) is 0 Å². The molecule has 122 valence electrons. The van der Waals surface area contributed by atoms with Crippen molar-refractivity contribution in [1.29, 1.82) is 0 Å². The van der Waals surface area contributed by atoms with Crippen LogP contribution >= 0.6 is 22.9 Å². The molecule has 23 heavy (non-hydrogen) atoms. The van der Waals surface area contributed by atoms with Crippen LogP contribution in [0.5, 0.6) is 0 Å². The van der Waals surface area contributed by atoms with Crippen LogP contribution in [-0.2, 0) is 0 Å². The monoisotopic (exact) mass is 350 g/mol. The molecular formula is C16H19ClN4OS. The lowest BCUT2D eigenvalue weighted by atomic mass is 10.1. The first-order valence-corrected chi connectivity index (χ1v) is 8.78. The molecule has 1 saturated heterocycles. The fraction of sp³-hybridized carbons (Fsp3) is 0.375. The summed E-state index contributed by atoms with van der Waals surface area (Å²) >= 11 is 7.55. The van der Waals surface area contributed by atoms with E-state index in [1.165, 1.54) is 16.9 Å². The number of hydrogen-bond donors (Lipinski definition) is 1.